The van der Waals surface area contributed by atoms with Crippen molar-refractivity contribution in [3.05, 3.63) is 0 Å². The van der Waals surface area contributed by atoms with Gasteiger partial charge in [-0.25, -0.2) is 13.6 Å². The summed E-state index contributed by atoms with van der Waals surface area (Å²) < 4.78 is 32.0. The standard InChI is InChI=1S/C11H18F2N2O2/c1-10(2,3)17-9(16)15-4-7-8(5-15)14-6-11(7,12)13/h7-8,14H,4-6H2,1-3H3/t7-,8+/m0/s1. The monoisotopic (exact) mass is 248 g/mol. The molecule has 2 fully saturated rings. The van der Waals surface area contributed by atoms with E-state index in [-0.39, 0.29) is 19.1 Å². The molecule has 2 aliphatic rings. The predicted octanol–water partition coefficient (Wildman–Crippen LogP) is 1.46. The highest BCUT2D eigenvalue weighted by Gasteiger charge is 2.55. The van der Waals surface area contributed by atoms with Crippen LogP contribution in [-0.4, -0.2) is 48.2 Å². The van der Waals surface area contributed by atoms with Gasteiger partial charge < -0.3 is 15.0 Å². The van der Waals surface area contributed by atoms with Crippen molar-refractivity contribution in [1.82, 2.24) is 10.2 Å². The maximum absolute atomic E-state index is 13.4. The number of hydrogen-bond donors (Lipinski definition) is 1. The molecule has 1 N–H and O–H groups in total. The van der Waals surface area contributed by atoms with E-state index in [2.05, 4.69) is 5.32 Å². The van der Waals surface area contributed by atoms with Crippen LogP contribution in [0.5, 0.6) is 0 Å². The number of nitrogens with one attached hydrogen (secondary N) is 1. The van der Waals surface area contributed by atoms with Crippen LogP contribution in [0.3, 0.4) is 0 Å². The third-order valence-electron chi connectivity index (χ3n) is 3.11. The second kappa shape index (κ2) is 3.80. The summed E-state index contributed by atoms with van der Waals surface area (Å²) in [5.74, 6) is -3.50. The fourth-order valence-electron chi connectivity index (χ4n) is 2.31. The van der Waals surface area contributed by atoms with Gasteiger partial charge in [0.05, 0.1) is 12.5 Å². The summed E-state index contributed by atoms with van der Waals surface area (Å²) in [4.78, 5) is 13.1. The van der Waals surface area contributed by atoms with Crippen molar-refractivity contribution in [3.8, 4) is 0 Å². The van der Waals surface area contributed by atoms with Crippen LogP contribution in [0.2, 0.25) is 0 Å². The SMILES string of the molecule is CC(C)(C)OC(=O)N1C[C@H]2NCC(F)(F)[C@H]2C1. The number of alkyl halides is 2. The van der Waals surface area contributed by atoms with Crippen LogP contribution in [0.25, 0.3) is 0 Å². The average Bonchev–Trinajstić information content (AvgIpc) is 2.65. The topological polar surface area (TPSA) is 41.6 Å². The first-order valence-corrected chi connectivity index (χ1v) is 5.78. The van der Waals surface area contributed by atoms with Crippen molar-refractivity contribution in [2.45, 2.75) is 38.3 Å². The fourth-order valence-corrected chi connectivity index (χ4v) is 2.31. The van der Waals surface area contributed by atoms with E-state index in [0.29, 0.717) is 6.54 Å². The van der Waals surface area contributed by atoms with Gasteiger partial charge in [-0.1, -0.05) is 0 Å². The van der Waals surface area contributed by atoms with Crippen LogP contribution in [-0.2, 0) is 4.74 Å². The molecule has 0 aromatic heterocycles. The molecular weight excluding hydrogens is 230 g/mol. The molecule has 2 saturated heterocycles. The normalized spacial score (nSPS) is 31.5. The van der Waals surface area contributed by atoms with Crippen molar-refractivity contribution < 1.29 is 18.3 Å². The van der Waals surface area contributed by atoms with Crippen molar-refractivity contribution in [3.63, 3.8) is 0 Å². The first-order chi connectivity index (χ1) is 7.69. The molecule has 0 bridgehead atoms. The van der Waals surface area contributed by atoms with Gasteiger partial charge >= 0.3 is 6.09 Å². The van der Waals surface area contributed by atoms with Crippen LogP contribution in [0, 0.1) is 5.92 Å². The summed E-state index contributed by atoms with van der Waals surface area (Å²) in [6.07, 6.45) is -0.510. The second-order valence-electron chi connectivity index (χ2n) is 5.74. The van der Waals surface area contributed by atoms with E-state index < -0.39 is 23.5 Å². The molecule has 2 heterocycles. The Hall–Kier alpha value is -0.910. The van der Waals surface area contributed by atoms with E-state index >= 15 is 0 Å². The van der Waals surface area contributed by atoms with Gasteiger partial charge in [0, 0.05) is 19.1 Å². The molecule has 2 rings (SSSR count). The molecule has 98 valence electrons. The number of fused-ring (bicyclic) bond motifs is 1. The minimum Gasteiger partial charge on any atom is -0.444 e. The molecule has 6 heteroatoms. The average molecular weight is 248 g/mol. The molecule has 0 aliphatic carbocycles. The summed E-state index contributed by atoms with van der Waals surface area (Å²) >= 11 is 0. The molecule has 17 heavy (non-hydrogen) atoms. The molecule has 1 amide bonds. The number of rotatable bonds is 0. The largest absolute Gasteiger partial charge is 0.444 e. The van der Waals surface area contributed by atoms with Crippen molar-refractivity contribution >= 4 is 6.09 Å². The highest BCUT2D eigenvalue weighted by Crippen LogP contribution is 2.37. The van der Waals surface area contributed by atoms with Crippen LogP contribution in [0.15, 0.2) is 0 Å². The number of ether oxygens (including phenoxy) is 1. The molecule has 0 aromatic rings. The molecule has 4 nitrogen and oxygen atoms in total. The van der Waals surface area contributed by atoms with Gasteiger partial charge in [0.15, 0.2) is 0 Å². The molecule has 0 aromatic carbocycles. The third kappa shape index (κ3) is 2.51. The number of amides is 1. The Kier molecular flexibility index (Phi) is 2.80. The van der Waals surface area contributed by atoms with Crippen LogP contribution in [0.4, 0.5) is 13.6 Å². The number of carbonyl (C=O) groups is 1. The quantitative estimate of drug-likeness (QED) is 0.705. The zero-order valence-electron chi connectivity index (χ0n) is 10.3. The summed E-state index contributed by atoms with van der Waals surface area (Å²) in [6.45, 7) is 5.36. The number of likely N-dealkylation sites (tertiary alicyclic amines) is 1. The van der Waals surface area contributed by atoms with Crippen molar-refractivity contribution in [1.29, 1.82) is 0 Å². The third-order valence-corrected chi connectivity index (χ3v) is 3.11. The summed E-state index contributed by atoms with van der Waals surface area (Å²) in [6, 6.07) is -0.308. The van der Waals surface area contributed by atoms with E-state index in [1.165, 1.54) is 4.90 Å². The molecule has 2 atom stereocenters. The molecule has 0 radical (unpaired) electrons. The number of carbonyl (C=O) groups excluding carboxylic acids is 1. The highest BCUT2D eigenvalue weighted by molar-refractivity contribution is 5.68. The second-order valence-corrected chi connectivity index (χ2v) is 5.74. The molecule has 0 spiro atoms. The van der Waals surface area contributed by atoms with Gasteiger partial charge in [-0.15, -0.1) is 0 Å². The van der Waals surface area contributed by atoms with Gasteiger partial charge in [-0.3, -0.25) is 0 Å². The maximum atomic E-state index is 13.4. The van der Waals surface area contributed by atoms with E-state index in [1.54, 1.807) is 20.8 Å². The summed E-state index contributed by atoms with van der Waals surface area (Å²) in [5.41, 5.74) is -0.593. The number of nitrogens with zero attached hydrogens (tertiary/aromatic N) is 1. The van der Waals surface area contributed by atoms with Gasteiger partial charge in [-0.05, 0) is 20.8 Å². The first kappa shape index (κ1) is 12.5. The van der Waals surface area contributed by atoms with E-state index in [9.17, 15) is 13.6 Å². The van der Waals surface area contributed by atoms with Gasteiger partial charge in [-0.2, -0.15) is 0 Å². The Morgan fingerprint density at radius 3 is 2.59 bits per heavy atom. The Bertz CT molecular complexity index is 328. The lowest BCUT2D eigenvalue weighted by Crippen LogP contribution is -2.39. The van der Waals surface area contributed by atoms with E-state index in [4.69, 9.17) is 4.74 Å². The van der Waals surface area contributed by atoms with Crippen molar-refractivity contribution in [2.75, 3.05) is 19.6 Å². The molecular formula is C11H18F2N2O2. The Balaban J connectivity index is 1.97. The molecule has 0 unspecified atom stereocenters. The highest BCUT2D eigenvalue weighted by atomic mass is 19.3. The molecule has 2 aliphatic heterocycles. The zero-order chi connectivity index (χ0) is 12.8. The number of halogens is 2. The van der Waals surface area contributed by atoms with E-state index in [0.717, 1.165) is 0 Å². The van der Waals surface area contributed by atoms with Crippen LogP contribution < -0.4 is 5.32 Å². The minimum atomic E-state index is -2.72. The number of hydrogen-bond acceptors (Lipinski definition) is 3. The lowest BCUT2D eigenvalue weighted by atomic mass is 10.0. The van der Waals surface area contributed by atoms with Crippen LogP contribution in [0.1, 0.15) is 20.8 Å². The van der Waals surface area contributed by atoms with Gasteiger partial charge in [0.25, 0.3) is 5.92 Å². The van der Waals surface area contributed by atoms with Gasteiger partial charge in [0.2, 0.25) is 0 Å². The maximum Gasteiger partial charge on any atom is 0.410 e. The predicted molar refractivity (Wildman–Crippen MR) is 58.0 cm³/mol. The summed E-state index contributed by atoms with van der Waals surface area (Å²) in [5, 5.41) is 2.76. The first-order valence-electron chi connectivity index (χ1n) is 5.78. The van der Waals surface area contributed by atoms with E-state index in [1.807, 2.05) is 0 Å². The lowest BCUT2D eigenvalue weighted by molar-refractivity contribution is -0.0262. The van der Waals surface area contributed by atoms with Crippen LogP contribution >= 0.6 is 0 Å². The van der Waals surface area contributed by atoms with Gasteiger partial charge in [0.1, 0.15) is 5.60 Å². The fraction of sp³-hybridized carbons (Fsp3) is 0.909. The van der Waals surface area contributed by atoms with Crippen molar-refractivity contribution in [2.24, 2.45) is 5.92 Å². The Labute approximate surface area is 99.3 Å². The smallest absolute Gasteiger partial charge is 0.410 e. The Morgan fingerprint density at radius 2 is 2.06 bits per heavy atom. The lowest BCUT2D eigenvalue weighted by Gasteiger charge is -2.25. The molecule has 0 saturated carbocycles. The summed E-state index contributed by atoms with van der Waals surface area (Å²) in [7, 11) is 0. The Morgan fingerprint density at radius 1 is 1.41 bits per heavy atom. The minimum absolute atomic E-state index is 0.0690. The zero-order valence-corrected chi connectivity index (χ0v) is 10.3.